The van der Waals surface area contributed by atoms with Crippen LogP contribution in [0.25, 0.3) is 11.1 Å². The van der Waals surface area contributed by atoms with Gasteiger partial charge in [0.05, 0.1) is 41.9 Å². The monoisotopic (exact) mass is 869 g/mol. The van der Waals surface area contributed by atoms with Gasteiger partial charge in [-0.25, -0.2) is 12.8 Å². The van der Waals surface area contributed by atoms with Crippen LogP contribution in [0.3, 0.4) is 0 Å². The first-order valence-corrected chi connectivity index (χ1v) is 21.3. The maximum Gasteiger partial charge on any atom is 0.233 e. The van der Waals surface area contributed by atoms with E-state index in [1.165, 1.54) is 54.6 Å². The van der Waals surface area contributed by atoms with Crippen LogP contribution in [0.4, 0.5) is 10.1 Å². The van der Waals surface area contributed by atoms with Gasteiger partial charge < -0.3 is 65.1 Å². The fourth-order valence-electron chi connectivity index (χ4n) is 8.20. The first-order chi connectivity index (χ1) is 29.1. The Balaban J connectivity index is 1.03. The number of para-hydroxylation sites is 1. The quantitative estimate of drug-likeness (QED) is 0.0796. The second-order valence-electron chi connectivity index (χ2n) is 15.5. The smallest absolute Gasteiger partial charge is 0.233 e. The van der Waals surface area contributed by atoms with Gasteiger partial charge >= 0.3 is 0 Å². The zero-order valence-electron chi connectivity index (χ0n) is 32.5. The Hall–Kier alpha value is -4.41. The molecule has 61 heavy (non-hydrogen) atoms. The maximum atomic E-state index is 13.6. The molecule has 0 radical (unpaired) electrons. The number of amides is 1. The third-order valence-corrected chi connectivity index (χ3v) is 13.4. The highest BCUT2D eigenvalue weighted by Crippen LogP contribution is 2.49. The molecule has 0 aliphatic carbocycles. The molecule has 328 valence electrons. The molecule has 16 nitrogen and oxygen atoms in total. The summed E-state index contributed by atoms with van der Waals surface area (Å²) in [5.74, 6) is -2.15. The van der Waals surface area contributed by atoms with E-state index in [0.717, 1.165) is 0 Å². The van der Waals surface area contributed by atoms with E-state index < -0.39 is 114 Å². The van der Waals surface area contributed by atoms with E-state index in [9.17, 15) is 63.6 Å². The second-order valence-corrected chi connectivity index (χ2v) is 17.5. The van der Waals surface area contributed by atoms with Crippen molar-refractivity contribution in [1.29, 1.82) is 0 Å². The molecule has 3 unspecified atom stereocenters. The van der Waals surface area contributed by atoms with Crippen LogP contribution in [0.1, 0.15) is 36.1 Å². The number of aromatic hydroxyl groups is 1. The summed E-state index contributed by atoms with van der Waals surface area (Å²) in [5.41, 5.74) is 2.66. The minimum atomic E-state index is -4.21. The van der Waals surface area contributed by atoms with Crippen LogP contribution in [-0.2, 0) is 28.8 Å². The highest BCUT2D eigenvalue weighted by Gasteiger charge is 2.52. The number of nitrogens with zero attached hydrogens (tertiary/aromatic N) is 1. The SMILES string of the molecule is O=C1[C@H](CC[C@H](O)c2ccc(F)cc2)[C@@H](c2ccc(-c3ccc(S(=O)(=O)CC4O[C@H](CO)C(OC5O[C@H](CO)[C@@H](O)[C@H](O)[C@H]5O)[C@H](O)[C@H]4O)cc3)cc2O)N1c1ccccc1. The summed E-state index contributed by atoms with van der Waals surface area (Å²) in [7, 11) is -4.21. The second kappa shape index (κ2) is 18.5. The van der Waals surface area contributed by atoms with Crippen LogP contribution in [0.15, 0.2) is 102 Å². The molecule has 3 aliphatic heterocycles. The Kier molecular flexibility index (Phi) is 13.5. The molecule has 7 rings (SSSR count). The van der Waals surface area contributed by atoms with Crippen molar-refractivity contribution >= 4 is 21.4 Å². The minimum Gasteiger partial charge on any atom is -0.508 e. The lowest BCUT2D eigenvalue weighted by Gasteiger charge is -2.48. The van der Waals surface area contributed by atoms with Gasteiger partial charge in [0.2, 0.25) is 5.91 Å². The van der Waals surface area contributed by atoms with Gasteiger partial charge in [0.15, 0.2) is 16.1 Å². The number of anilines is 1. The third-order valence-electron chi connectivity index (χ3n) is 11.6. The van der Waals surface area contributed by atoms with Crippen molar-refractivity contribution in [2.24, 2.45) is 5.92 Å². The average Bonchev–Trinajstić information content (AvgIpc) is 3.26. The van der Waals surface area contributed by atoms with Crippen molar-refractivity contribution in [2.75, 3.05) is 23.9 Å². The highest BCUT2D eigenvalue weighted by atomic mass is 32.2. The fourth-order valence-corrected chi connectivity index (χ4v) is 9.65. The Labute approximate surface area is 350 Å². The number of aliphatic hydroxyl groups is 8. The zero-order chi connectivity index (χ0) is 43.7. The molecule has 9 N–H and O–H groups in total. The lowest BCUT2D eigenvalue weighted by Crippen LogP contribution is -2.65. The number of ether oxygens (including phenoxy) is 3. The molecule has 0 aromatic heterocycles. The number of phenols is 1. The van der Waals surface area contributed by atoms with Crippen molar-refractivity contribution in [3.63, 3.8) is 0 Å². The van der Waals surface area contributed by atoms with Gasteiger partial charge in [0.25, 0.3) is 0 Å². The van der Waals surface area contributed by atoms with Gasteiger partial charge in [-0.05, 0) is 72.0 Å². The molecule has 3 aliphatic rings. The van der Waals surface area contributed by atoms with Crippen molar-refractivity contribution in [3.05, 3.63) is 114 Å². The predicted octanol–water partition coefficient (Wildman–Crippen LogP) is 0.857. The number of carbonyl (C=O) groups is 1. The third kappa shape index (κ3) is 9.08. The van der Waals surface area contributed by atoms with Crippen LogP contribution >= 0.6 is 0 Å². The van der Waals surface area contributed by atoms with Crippen LogP contribution in [-0.4, -0.2) is 140 Å². The number of halogens is 1. The maximum absolute atomic E-state index is 13.6. The molecule has 1 amide bonds. The minimum absolute atomic E-state index is 0.119. The van der Waals surface area contributed by atoms with Gasteiger partial charge in [0, 0.05) is 11.3 Å². The van der Waals surface area contributed by atoms with E-state index in [1.54, 1.807) is 41.3 Å². The number of phenolic OH excluding ortho intramolecular Hbond substituents is 1. The van der Waals surface area contributed by atoms with Gasteiger partial charge in [-0.1, -0.05) is 54.6 Å². The number of hydrogen-bond acceptors (Lipinski definition) is 15. The number of aliphatic hydroxyl groups excluding tert-OH is 8. The van der Waals surface area contributed by atoms with Crippen molar-refractivity contribution in [2.45, 2.75) is 91.1 Å². The van der Waals surface area contributed by atoms with E-state index in [1.807, 2.05) is 6.07 Å². The number of benzene rings is 4. The van der Waals surface area contributed by atoms with Crippen molar-refractivity contribution in [1.82, 2.24) is 0 Å². The number of carbonyl (C=O) groups excluding carboxylic acids is 1. The molecule has 3 fully saturated rings. The van der Waals surface area contributed by atoms with Crippen LogP contribution in [0, 0.1) is 11.7 Å². The van der Waals surface area contributed by atoms with Gasteiger partial charge in [-0.15, -0.1) is 0 Å². The Morgan fingerprint density at radius 3 is 2.02 bits per heavy atom. The summed E-state index contributed by atoms with van der Waals surface area (Å²) in [5, 5.41) is 94.2. The van der Waals surface area contributed by atoms with Crippen molar-refractivity contribution in [3.8, 4) is 16.9 Å². The van der Waals surface area contributed by atoms with Crippen LogP contribution < -0.4 is 4.90 Å². The van der Waals surface area contributed by atoms with Crippen LogP contribution in [0.5, 0.6) is 5.75 Å². The van der Waals surface area contributed by atoms with E-state index in [-0.39, 0.29) is 29.4 Å². The topological polar surface area (TPSA) is 264 Å². The number of β-lactam (4-membered cyclic amide) rings is 1. The van der Waals surface area contributed by atoms with E-state index in [0.29, 0.717) is 27.9 Å². The molecule has 4 aromatic carbocycles. The molecule has 3 saturated heterocycles. The number of hydrogen-bond donors (Lipinski definition) is 9. The molecular formula is C43H48FNO15S. The molecule has 0 saturated carbocycles. The normalized spacial score (nSPS) is 31.1. The summed E-state index contributed by atoms with van der Waals surface area (Å²) in [6.45, 7) is -1.59. The standard InChI is InChI=1S/C43H48FNO15S/c44-25-11-6-23(7-12-25)30(48)17-16-29-35(45(42(29)55)26-4-2-1-3-5-26)28-15-10-24(18-31(28)49)22-8-13-27(14-9-22)61(56,57)21-34-37(51)39(53)41(33(20-47)58-34)60-43-40(54)38(52)36(50)32(19-46)59-43/h1-15,18,29-30,32-41,43,46-54H,16-17,19-21H2/t29-,30+,32-,33-,34?,35-,36-,37+,38+,39-,40-,41?,43?/m1/s1. The molecule has 13 atom stereocenters. The summed E-state index contributed by atoms with van der Waals surface area (Å²) < 4.78 is 57.2. The molecule has 4 aromatic rings. The summed E-state index contributed by atoms with van der Waals surface area (Å²) >= 11 is 0. The zero-order valence-corrected chi connectivity index (χ0v) is 33.3. The molecular weight excluding hydrogens is 822 g/mol. The van der Waals surface area contributed by atoms with Crippen molar-refractivity contribution < 1.29 is 77.8 Å². The lowest BCUT2D eigenvalue weighted by molar-refractivity contribution is -0.341. The first-order valence-electron chi connectivity index (χ1n) is 19.7. The Morgan fingerprint density at radius 2 is 1.38 bits per heavy atom. The molecule has 3 heterocycles. The van der Waals surface area contributed by atoms with Gasteiger partial charge in [0.1, 0.15) is 66.5 Å². The molecule has 0 spiro atoms. The number of rotatable bonds is 14. The van der Waals surface area contributed by atoms with Gasteiger partial charge in [-0.3, -0.25) is 4.79 Å². The first kappa shape index (κ1) is 44.6. The van der Waals surface area contributed by atoms with Gasteiger partial charge in [-0.2, -0.15) is 0 Å². The molecule has 18 heteroatoms. The Bertz CT molecular complexity index is 2230. The largest absolute Gasteiger partial charge is 0.508 e. The van der Waals surface area contributed by atoms with E-state index in [2.05, 4.69) is 0 Å². The Morgan fingerprint density at radius 1 is 0.738 bits per heavy atom. The average molecular weight is 870 g/mol. The lowest BCUT2D eigenvalue weighted by atomic mass is 9.77. The fraction of sp³-hybridized carbons (Fsp3) is 0.419. The van der Waals surface area contributed by atoms with Crippen LogP contribution in [0.2, 0.25) is 0 Å². The highest BCUT2D eigenvalue weighted by molar-refractivity contribution is 7.91. The van der Waals surface area contributed by atoms with E-state index in [4.69, 9.17) is 14.2 Å². The predicted molar refractivity (Wildman–Crippen MR) is 213 cm³/mol. The number of sulfone groups is 1. The van der Waals surface area contributed by atoms with E-state index >= 15 is 0 Å². The molecule has 0 bridgehead atoms. The summed E-state index contributed by atoms with van der Waals surface area (Å²) in [6.07, 6.45) is -17.2. The summed E-state index contributed by atoms with van der Waals surface area (Å²) in [6, 6.07) is 24.4. The summed E-state index contributed by atoms with van der Waals surface area (Å²) in [4.78, 5) is 15.0.